The molecule has 0 radical (unpaired) electrons. The maximum Gasteiger partial charge on any atom is 0.255 e. The molecular formula is C17H21N5O2. The summed E-state index contributed by atoms with van der Waals surface area (Å²) in [4.78, 5) is 39.5. The molecule has 0 bridgehead atoms. The Morgan fingerprint density at radius 1 is 1.17 bits per heavy atom. The predicted molar refractivity (Wildman–Crippen MR) is 91.3 cm³/mol. The first-order valence-corrected chi connectivity index (χ1v) is 8.09. The van der Waals surface area contributed by atoms with Crippen LogP contribution >= 0.6 is 0 Å². The van der Waals surface area contributed by atoms with Gasteiger partial charge in [0.05, 0.1) is 11.8 Å². The quantitative estimate of drug-likeness (QED) is 0.917. The Morgan fingerprint density at radius 2 is 1.92 bits per heavy atom. The van der Waals surface area contributed by atoms with Crippen molar-refractivity contribution in [1.82, 2.24) is 19.9 Å². The van der Waals surface area contributed by atoms with Crippen LogP contribution in [-0.4, -0.2) is 51.9 Å². The van der Waals surface area contributed by atoms with E-state index in [0.29, 0.717) is 37.4 Å². The Kier molecular flexibility index (Phi) is 4.59. The molecule has 7 nitrogen and oxygen atoms in total. The summed E-state index contributed by atoms with van der Waals surface area (Å²) in [6, 6.07) is 3.04. The fourth-order valence-corrected chi connectivity index (χ4v) is 2.90. The highest BCUT2D eigenvalue weighted by Crippen LogP contribution is 2.19. The number of nitrogens with zero attached hydrogens (tertiary/aromatic N) is 4. The number of hydrogen-bond donors (Lipinski definition) is 1. The van der Waals surface area contributed by atoms with Crippen molar-refractivity contribution in [1.29, 1.82) is 0 Å². The Bertz CT molecular complexity index is 764. The highest BCUT2D eigenvalue weighted by molar-refractivity contribution is 5.95. The van der Waals surface area contributed by atoms with Gasteiger partial charge in [0.15, 0.2) is 0 Å². The van der Waals surface area contributed by atoms with Gasteiger partial charge in [-0.25, -0.2) is 4.98 Å². The van der Waals surface area contributed by atoms with Gasteiger partial charge in [0.2, 0.25) is 5.56 Å². The summed E-state index contributed by atoms with van der Waals surface area (Å²) in [6.07, 6.45) is 5.05. The van der Waals surface area contributed by atoms with Crippen LogP contribution in [-0.2, 0) is 0 Å². The number of anilines is 1. The summed E-state index contributed by atoms with van der Waals surface area (Å²) in [7, 11) is 0. The van der Waals surface area contributed by atoms with Crippen molar-refractivity contribution in [2.45, 2.75) is 19.8 Å². The molecule has 0 atom stereocenters. The molecule has 3 heterocycles. The summed E-state index contributed by atoms with van der Waals surface area (Å²) in [6.45, 7) is 6.59. The van der Waals surface area contributed by atoms with Gasteiger partial charge < -0.3 is 14.8 Å². The van der Waals surface area contributed by atoms with E-state index in [2.05, 4.69) is 19.9 Å². The van der Waals surface area contributed by atoms with Gasteiger partial charge in [-0.1, -0.05) is 13.8 Å². The van der Waals surface area contributed by atoms with Crippen molar-refractivity contribution in [3.05, 3.63) is 52.3 Å². The molecule has 3 rings (SSSR count). The highest BCUT2D eigenvalue weighted by Gasteiger charge is 2.25. The molecule has 1 fully saturated rings. The second kappa shape index (κ2) is 6.82. The van der Waals surface area contributed by atoms with E-state index in [0.717, 1.165) is 5.82 Å². The lowest BCUT2D eigenvalue weighted by atomic mass is 10.0. The van der Waals surface area contributed by atoms with Crippen LogP contribution in [0.2, 0.25) is 0 Å². The fourth-order valence-electron chi connectivity index (χ4n) is 2.90. The first-order chi connectivity index (χ1) is 11.6. The third-order valence-corrected chi connectivity index (χ3v) is 4.20. The van der Waals surface area contributed by atoms with Gasteiger partial charge in [-0.05, 0) is 12.0 Å². The molecule has 2 aromatic rings. The Morgan fingerprint density at radius 3 is 2.54 bits per heavy atom. The lowest BCUT2D eigenvalue weighted by molar-refractivity contribution is 0.0744. The van der Waals surface area contributed by atoms with E-state index in [1.54, 1.807) is 24.7 Å². The highest BCUT2D eigenvalue weighted by atomic mass is 16.2. The smallest absolute Gasteiger partial charge is 0.255 e. The number of H-pyrrole nitrogens is 1. The van der Waals surface area contributed by atoms with Crippen molar-refractivity contribution < 1.29 is 4.79 Å². The molecule has 1 N–H and O–H groups in total. The van der Waals surface area contributed by atoms with Crippen molar-refractivity contribution in [2.75, 3.05) is 31.1 Å². The number of nitrogens with one attached hydrogen (secondary N) is 1. The molecule has 0 saturated carbocycles. The molecule has 0 unspecified atom stereocenters. The van der Waals surface area contributed by atoms with Gasteiger partial charge in [-0.15, -0.1) is 0 Å². The van der Waals surface area contributed by atoms with Crippen molar-refractivity contribution in [3.63, 3.8) is 0 Å². The van der Waals surface area contributed by atoms with Crippen LogP contribution in [0.5, 0.6) is 0 Å². The zero-order valence-corrected chi connectivity index (χ0v) is 13.9. The molecule has 0 aliphatic carbocycles. The topological polar surface area (TPSA) is 82.2 Å². The van der Waals surface area contributed by atoms with Crippen LogP contribution in [0, 0.1) is 0 Å². The van der Waals surface area contributed by atoms with Crippen LogP contribution < -0.4 is 10.5 Å². The zero-order chi connectivity index (χ0) is 17.1. The molecule has 126 valence electrons. The SMILES string of the molecule is CC(C)c1[nH]c(=O)ccc1C(=O)N1CCN(c2cnccn2)CC1. The summed E-state index contributed by atoms with van der Waals surface area (Å²) in [5.74, 6) is 0.879. The van der Waals surface area contributed by atoms with E-state index < -0.39 is 0 Å². The van der Waals surface area contributed by atoms with Gasteiger partial charge in [0.25, 0.3) is 5.91 Å². The molecule has 1 amide bonds. The number of piperazine rings is 1. The first kappa shape index (κ1) is 16.2. The molecule has 1 aliphatic rings. The van der Waals surface area contributed by atoms with Crippen molar-refractivity contribution in [2.24, 2.45) is 0 Å². The Balaban J connectivity index is 1.73. The molecule has 0 aromatic carbocycles. The summed E-state index contributed by atoms with van der Waals surface area (Å²) < 4.78 is 0. The lowest BCUT2D eigenvalue weighted by Gasteiger charge is -2.35. The van der Waals surface area contributed by atoms with Gasteiger partial charge in [0.1, 0.15) is 5.82 Å². The fraction of sp³-hybridized carbons (Fsp3) is 0.412. The number of carbonyl (C=O) groups is 1. The summed E-state index contributed by atoms with van der Waals surface area (Å²) in [5.41, 5.74) is 1.10. The number of hydrogen-bond acceptors (Lipinski definition) is 5. The summed E-state index contributed by atoms with van der Waals surface area (Å²) >= 11 is 0. The van der Waals surface area contributed by atoms with Gasteiger partial charge in [-0.2, -0.15) is 0 Å². The van der Waals surface area contributed by atoms with E-state index in [1.165, 1.54) is 6.07 Å². The molecular weight excluding hydrogens is 306 g/mol. The van der Waals surface area contributed by atoms with Crippen LogP contribution in [0.15, 0.2) is 35.5 Å². The van der Waals surface area contributed by atoms with Crippen LogP contribution in [0.25, 0.3) is 0 Å². The van der Waals surface area contributed by atoms with Crippen molar-refractivity contribution >= 4 is 11.7 Å². The van der Waals surface area contributed by atoms with Crippen LogP contribution in [0.1, 0.15) is 35.8 Å². The molecule has 0 spiro atoms. The number of aromatic amines is 1. The largest absolute Gasteiger partial charge is 0.352 e. The van der Waals surface area contributed by atoms with Crippen LogP contribution in [0.4, 0.5) is 5.82 Å². The Labute approximate surface area is 140 Å². The number of rotatable bonds is 3. The number of pyridine rings is 1. The second-order valence-corrected chi connectivity index (χ2v) is 6.15. The third kappa shape index (κ3) is 3.29. The average Bonchev–Trinajstić information content (AvgIpc) is 2.62. The van der Waals surface area contributed by atoms with Crippen molar-refractivity contribution in [3.8, 4) is 0 Å². The molecule has 7 heteroatoms. The van der Waals surface area contributed by atoms with Gasteiger partial charge in [0, 0.05) is 50.3 Å². The second-order valence-electron chi connectivity index (χ2n) is 6.15. The van der Waals surface area contributed by atoms with Crippen LogP contribution in [0.3, 0.4) is 0 Å². The first-order valence-electron chi connectivity index (χ1n) is 8.09. The Hall–Kier alpha value is -2.70. The van der Waals surface area contributed by atoms with E-state index in [-0.39, 0.29) is 17.4 Å². The van der Waals surface area contributed by atoms with E-state index in [9.17, 15) is 9.59 Å². The minimum absolute atomic E-state index is 0.0336. The molecule has 24 heavy (non-hydrogen) atoms. The van der Waals surface area contributed by atoms with E-state index in [1.807, 2.05) is 18.7 Å². The molecule has 1 aliphatic heterocycles. The van der Waals surface area contributed by atoms with E-state index >= 15 is 0 Å². The zero-order valence-electron chi connectivity index (χ0n) is 13.9. The number of aromatic nitrogens is 3. The number of carbonyl (C=O) groups excluding carboxylic acids is 1. The van der Waals surface area contributed by atoms with E-state index in [4.69, 9.17) is 0 Å². The average molecular weight is 327 g/mol. The molecule has 2 aromatic heterocycles. The third-order valence-electron chi connectivity index (χ3n) is 4.20. The maximum atomic E-state index is 12.8. The minimum Gasteiger partial charge on any atom is -0.352 e. The normalized spacial score (nSPS) is 15.0. The summed E-state index contributed by atoms with van der Waals surface area (Å²) in [5, 5.41) is 0. The monoisotopic (exact) mass is 327 g/mol. The van der Waals surface area contributed by atoms with Gasteiger partial charge in [-0.3, -0.25) is 14.6 Å². The standard InChI is InChI=1S/C17H21N5O2/c1-12(2)16-13(3-4-15(23)20-16)17(24)22-9-7-21(8-10-22)14-11-18-5-6-19-14/h3-6,11-12H,7-10H2,1-2H3,(H,20,23). The molecule has 1 saturated heterocycles. The van der Waals surface area contributed by atoms with Gasteiger partial charge >= 0.3 is 0 Å². The lowest BCUT2D eigenvalue weighted by Crippen LogP contribution is -2.49. The minimum atomic E-state index is -0.178. The number of amides is 1. The maximum absolute atomic E-state index is 12.8. The predicted octanol–water partition coefficient (Wildman–Crippen LogP) is 1.25.